The highest BCUT2D eigenvalue weighted by Crippen LogP contribution is 2.59. The maximum Gasteiger partial charge on any atom is 0.142 e. The van der Waals surface area contributed by atoms with Gasteiger partial charge in [-0.1, -0.05) is 44.2 Å². The number of hydrogen-bond donors (Lipinski definition) is 0. The molecule has 104 valence electrons. The smallest absolute Gasteiger partial charge is 0.142 e. The lowest BCUT2D eigenvalue weighted by molar-refractivity contribution is -0.104. The molecule has 0 aromatic carbocycles. The molecule has 0 spiro atoms. The number of rotatable bonds is 4. The van der Waals surface area contributed by atoms with Gasteiger partial charge in [0.1, 0.15) is 6.29 Å². The summed E-state index contributed by atoms with van der Waals surface area (Å²) in [5.74, 6) is 2.08. The highest BCUT2D eigenvalue weighted by atomic mass is 16.1. The van der Waals surface area contributed by atoms with Crippen LogP contribution in [0.4, 0.5) is 0 Å². The van der Waals surface area contributed by atoms with E-state index in [1.165, 1.54) is 37.7 Å². The third-order valence-corrected chi connectivity index (χ3v) is 5.47. The Balaban J connectivity index is 2.08. The molecule has 2 rings (SSSR count). The standard InChI is InChI=1S/C18H26O/c1-14(8-5-4-6-13-19)16-10-11-17-15(2)9-7-12-18(16,17)3/h4-6,8,13-14,16-17H,2,7,9-12H2,1,3H3/b6-4+,8-5+/t14-,16+,17-,18+/m0/s1. The third kappa shape index (κ3) is 2.75. The van der Waals surface area contributed by atoms with Gasteiger partial charge in [-0.15, -0.1) is 0 Å². The average Bonchev–Trinajstić information content (AvgIpc) is 2.73. The third-order valence-electron chi connectivity index (χ3n) is 5.47. The van der Waals surface area contributed by atoms with Gasteiger partial charge in [-0.05, 0) is 61.3 Å². The predicted molar refractivity (Wildman–Crippen MR) is 80.8 cm³/mol. The molecule has 2 saturated carbocycles. The lowest BCUT2D eigenvalue weighted by Gasteiger charge is -2.43. The monoisotopic (exact) mass is 258 g/mol. The zero-order chi connectivity index (χ0) is 13.9. The molecule has 0 heterocycles. The van der Waals surface area contributed by atoms with Gasteiger partial charge in [0.05, 0.1) is 0 Å². The summed E-state index contributed by atoms with van der Waals surface area (Å²) in [6.45, 7) is 9.11. The zero-order valence-corrected chi connectivity index (χ0v) is 12.3. The molecule has 1 heteroatoms. The van der Waals surface area contributed by atoms with Gasteiger partial charge < -0.3 is 0 Å². The van der Waals surface area contributed by atoms with Crippen LogP contribution < -0.4 is 0 Å². The van der Waals surface area contributed by atoms with Gasteiger partial charge in [0.15, 0.2) is 0 Å². The molecule has 0 aromatic rings. The van der Waals surface area contributed by atoms with E-state index < -0.39 is 0 Å². The quantitative estimate of drug-likeness (QED) is 0.309. The summed E-state index contributed by atoms with van der Waals surface area (Å²) >= 11 is 0. The molecule has 2 aliphatic rings. The Hall–Kier alpha value is -1.11. The first-order valence-electron chi connectivity index (χ1n) is 7.56. The summed E-state index contributed by atoms with van der Waals surface area (Å²) in [7, 11) is 0. The molecule has 0 unspecified atom stereocenters. The van der Waals surface area contributed by atoms with Crippen LogP contribution in [0.15, 0.2) is 36.5 Å². The Morgan fingerprint density at radius 3 is 2.84 bits per heavy atom. The van der Waals surface area contributed by atoms with E-state index in [0.717, 1.165) is 18.1 Å². The molecule has 1 nitrogen and oxygen atoms in total. The minimum atomic E-state index is 0.452. The number of hydrogen-bond acceptors (Lipinski definition) is 1. The Labute approximate surface area is 117 Å². The molecule has 0 aromatic heterocycles. The molecule has 2 fully saturated rings. The van der Waals surface area contributed by atoms with E-state index in [1.807, 2.05) is 12.2 Å². The summed E-state index contributed by atoms with van der Waals surface area (Å²) in [6, 6.07) is 0. The first kappa shape index (κ1) is 14.3. The summed E-state index contributed by atoms with van der Waals surface area (Å²) < 4.78 is 0. The van der Waals surface area contributed by atoms with Crippen LogP contribution in [0, 0.1) is 23.2 Å². The molecule has 0 amide bonds. The van der Waals surface area contributed by atoms with Crippen LogP contribution in [0.25, 0.3) is 0 Å². The predicted octanol–water partition coefficient (Wildman–Crippen LogP) is 4.71. The van der Waals surface area contributed by atoms with Crippen LogP contribution in [0.5, 0.6) is 0 Å². The number of aldehydes is 1. The molecule has 0 radical (unpaired) electrons. The number of fused-ring (bicyclic) bond motifs is 1. The molecule has 0 N–H and O–H groups in total. The van der Waals surface area contributed by atoms with Crippen molar-refractivity contribution in [3.63, 3.8) is 0 Å². The minimum Gasteiger partial charge on any atom is -0.299 e. The molecule has 19 heavy (non-hydrogen) atoms. The van der Waals surface area contributed by atoms with Crippen molar-refractivity contribution in [3.05, 3.63) is 36.5 Å². The Bertz CT molecular complexity index is 404. The summed E-state index contributed by atoms with van der Waals surface area (Å²) in [5, 5.41) is 0. The Kier molecular flexibility index (Phi) is 4.44. The molecule has 0 saturated heterocycles. The van der Waals surface area contributed by atoms with Crippen LogP contribution >= 0.6 is 0 Å². The highest BCUT2D eigenvalue weighted by Gasteiger charge is 2.49. The van der Waals surface area contributed by atoms with Crippen molar-refractivity contribution in [2.45, 2.75) is 46.0 Å². The second-order valence-electron chi connectivity index (χ2n) is 6.52. The van der Waals surface area contributed by atoms with Gasteiger partial charge in [-0.3, -0.25) is 4.79 Å². The minimum absolute atomic E-state index is 0.452. The van der Waals surface area contributed by atoms with E-state index in [1.54, 1.807) is 6.08 Å². The lowest BCUT2D eigenvalue weighted by Crippen LogP contribution is -2.35. The maximum absolute atomic E-state index is 10.3. The maximum atomic E-state index is 10.3. The van der Waals surface area contributed by atoms with Crippen molar-refractivity contribution in [1.29, 1.82) is 0 Å². The van der Waals surface area contributed by atoms with E-state index in [4.69, 9.17) is 0 Å². The topological polar surface area (TPSA) is 17.1 Å². The van der Waals surface area contributed by atoms with Crippen LogP contribution in [-0.4, -0.2) is 6.29 Å². The van der Waals surface area contributed by atoms with Gasteiger partial charge in [-0.2, -0.15) is 0 Å². The van der Waals surface area contributed by atoms with E-state index in [0.29, 0.717) is 11.3 Å². The Morgan fingerprint density at radius 1 is 1.32 bits per heavy atom. The summed E-state index contributed by atoms with van der Waals surface area (Å²) in [4.78, 5) is 10.3. The SMILES string of the molecule is C=C1CCC[C@]2(C)[C@@H]([C@@H](C)/C=C/C=C/C=O)CC[C@@H]12. The number of allylic oxidation sites excluding steroid dienone is 5. The first-order chi connectivity index (χ1) is 9.09. The van der Waals surface area contributed by atoms with Crippen molar-refractivity contribution in [1.82, 2.24) is 0 Å². The zero-order valence-electron chi connectivity index (χ0n) is 12.3. The molecule has 0 aliphatic heterocycles. The second kappa shape index (κ2) is 5.90. The van der Waals surface area contributed by atoms with E-state index in [9.17, 15) is 4.79 Å². The van der Waals surface area contributed by atoms with Gasteiger partial charge in [0, 0.05) is 0 Å². The van der Waals surface area contributed by atoms with Crippen molar-refractivity contribution in [2.75, 3.05) is 0 Å². The summed E-state index contributed by atoms with van der Waals surface area (Å²) in [5.41, 5.74) is 1.95. The number of carbonyl (C=O) groups excluding carboxylic acids is 1. The van der Waals surface area contributed by atoms with Crippen LogP contribution in [0.1, 0.15) is 46.0 Å². The lowest BCUT2D eigenvalue weighted by atomic mass is 9.61. The van der Waals surface area contributed by atoms with Crippen LogP contribution in [-0.2, 0) is 4.79 Å². The molecular weight excluding hydrogens is 232 g/mol. The largest absolute Gasteiger partial charge is 0.299 e. The fraction of sp³-hybridized carbons (Fsp3) is 0.611. The highest BCUT2D eigenvalue weighted by molar-refractivity contribution is 5.65. The van der Waals surface area contributed by atoms with Gasteiger partial charge >= 0.3 is 0 Å². The van der Waals surface area contributed by atoms with E-state index in [2.05, 4.69) is 26.5 Å². The number of carbonyl (C=O) groups is 1. The normalized spacial score (nSPS) is 36.8. The fourth-order valence-electron chi connectivity index (χ4n) is 4.51. The second-order valence-corrected chi connectivity index (χ2v) is 6.52. The molecular formula is C18H26O. The van der Waals surface area contributed by atoms with E-state index in [-0.39, 0.29) is 0 Å². The first-order valence-corrected chi connectivity index (χ1v) is 7.56. The molecule has 0 bridgehead atoms. The van der Waals surface area contributed by atoms with Crippen molar-refractivity contribution >= 4 is 6.29 Å². The summed E-state index contributed by atoms with van der Waals surface area (Å²) in [6.07, 6.45) is 15.0. The Morgan fingerprint density at radius 2 is 2.11 bits per heavy atom. The van der Waals surface area contributed by atoms with Crippen molar-refractivity contribution in [2.24, 2.45) is 23.2 Å². The van der Waals surface area contributed by atoms with E-state index >= 15 is 0 Å². The van der Waals surface area contributed by atoms with Gasteiger partial charge in [-0.25, -0.2) is 0 Å². The fourth-order valence-corrected chi connectivity index (χ4v) is 4.51. The average molecular weight is 258 g/mol. The van der Waals surface area contributed by atoms with Gasteiger partial charge in [0.2, 0.25) is 0 Å². The van der Waals surface area contributed by atoms with Crippen molar-refractivity contribution in [3.8, 4) is 0 Å². The van der Waals surface area contributed by atoms with Gasteiger partial charge in [0.25, 0.3) is 0 Å². The van der Waals surface area contributed by atoms with Crippen LogP contribution in [0.2, 0.25) is 0 Å². The molecule has 4 atom stereocenters. The van der Waals surface area contributed by atoms with Crippen molar-refractivity contribution < 1.29 is 4.79 Å². The molecule has 2 aliphatic carbocycles. The van der Waals surface area contributed by atoms with Crippen LogP contribution in [0.3, 0.4) is 0 Å².